The van der Waals surface area contributed by atoms with Gasteiger partial charge in [-0.25, -0.2) is 4.98 Å². The molecule has 0 aliphatic heterocycles. The van der Waals surface area contributed by atoms with Crippen LogP contribution >= 0.6 is 15.9 Å². The van der Waals surface area contributed by atoms with Gasteiger partial charge >= 0.3 is 0 Å². The number of hydrogen-bond donors (Lipinski definition) is 1. The van der Waals surface area contributed by atoms with Crippen LogP contribution in [0.4, 0.5) is 0 Å². The lowest BCUT2D eigenvalue weighted by atomic mass is 10.2. The summed E-state index contributed by atoms with van der Waals surface area (Å²) in [5.41, 5.74) is 2.83. The Morgan fingerprint density at radius 2 is 2.14 bits per heavy atom. The van der Waals surface area contributed by atoms with Crippen molar-refractivity contribution in [1.29, 1.82) is 0 Å². The summed E-state index contributed by atoms with van der Waals surface area (Å²) < 4.78 is 8.16. The number of aromatic nitrogens is 2. The first-order chi connectivity index (χ1) is 10.6. The number of nitrogens with zero attached hydrogens (tertiary/aromatic N) is 2. The Hall–Kier alpha value is -2.08. The van der Waals surface area contributed by atoms with E-state index in [1.54, 1.807) is 0 Å². The van der Waals surface area contributed by atoms with Crippen LogP contribution in [0.25, 0.3) is 10.9 Å². The van der Waals surface area contributed by atoms with Gasteiger partial charge in [0.05, 0.1) is 6.54 Å². The normalized spacial score (nSPS) is 11.0. The topological polar surface area (TPSA) is 60.1 Å². The predicted octanol–water partition coefficient (Wildman–Crippen LogP) is 3.33. The Morgan fingerprint density at radius 1 is 1.36 bits per heavy atom. The van der Waals surface area contributed by atoms with E-state index in [2.05, 4.69) is 26.2 Å². The molecule has 0 unspecified atom stereocenters. The van der Waals surface area contributed by atoms with E-state index in [1.165, 1.54) is 6.39 Å². The third-order valence-electron chi connectivity index (χ3n) is 3.75. The lowest BCUT2D eigenvalue weighted by molar-refractivity contribution is -0.121. The molecule has 22 heavy (non-hydrogen) atoms. The van der Waals surface area contributed by atoms with Crippen LogP contribution in [-0.4, -0.2) is 15.5 Å². The van der Waals surface area contributed by atoms with E-state index in [0.717, 1.165) is 32.5 Å². The van der Waals surface area contributed by atoms with Crippen molar-refractivity contribution in [3.05, 3.63) is 52.3 Å². The van der Waals surface area contributed by atoms with E-state index in [1.807, 2.05) is 42.7 Å². The molecule has 1 N–H and O–H groups in total. The molecular weight excluding hydrogens is 346 g/mol. The molecular formula is C16H16BrN3O2. The van der Waals surface area contributed by atoms with Crippen LogP contribution in [0.3, 0.4) is 0 Å². The fraction of sp³-hybridized carbons (Fsp3) is 0.250. The van der Waals surface area contributed by atoms with Crippen LogP contribution in [0.5, 0.6) is 0 Å². The van der Waals surface area contributed by atoms with Crippen molar-refractivity contribution in [3.63, 3.8) is 0 Å². The summed E-state index contributed by atoms with van der Waals surface area (Å²) in [4.78, 5) is 16.3. The Bertz CT molecular complexity index is 835. The number of carbonyl (C=O) groups is 1. The van der Waals surface area contributed by atoms with Gasteiger partial charge in [-0.05, 0) is 35.8 Å². The van der Waals surface area contributed by atoms with E-state index in [0.29, 0.717) is 6.54 Å². The van der Waals surface area contributed by atoms with Gasteiger partial charge in [-0.2, -0.15) is 0 Å². The largest absolute Gasteiger partial charge is 0.448 e. The summed E-state index contributed by atoms with van der Waals surface area (Å²) >= 11 is 3.60. The molecule has 0 aliphatic rings. The maximum absolute atomic E-state index is 12.2. The second kappa shape index (κ2) is 5.96. The quantitative estimate of drug-likeness (QED) is 0.775. The smallest absolute Gasteiger partial charge is 0.240 e. The van der Waals surface area contributed by atoms with Crippen molar-refractivity contribution in [3.8, 4) is 0 Å². The molecule has 0 aliphatic carbocycles. The van der Waals surface area contributed by atoms with Gasteiger partial charge in [-0.3, -0.25) is 4.79 Å². The molecule has 114 valence electrons. The zero-order valence-corrected chi connectivity index (χ0v) is 14.0. The predicted molar refractivity (Wildman–Crippen MR) is 87.5 cm³/mol. The molecule has 0 atom stereocenters. The molecule has 0 radical (unpaired) electrons. The number of carbonyl (C=O) groups excluding carboxylic acids is 1. The zero-order valence-electron chi connectivity index (χ0n) is 12.4. The summed E-state index contributed by atoms with van der Waals surface area (Å²) in [5.74, 6) is 0.671. The second-order valence-corrected chi connectivity index (χ2v) is 5.93. The van der Waals surface area contributed by atoms with Crippen LogP contribution in [0, 0.1) is 13.8 Å². The highest BCUT2D eigenvalue weighted by molar-refractivity contribution is 9.10. The number of halogens is 1. The van der Waals surface area contributed by atoms with Crippen LogP contribution < -0.4 is 5.32 Å². The molecule has 0 bridgehead atoms. The average Bonchev–Trinajstić information content (AvgIpc) is 3.03. The van der Waals surface area contributed by atoms with Gasteiger partial charge in [0.2, 0.25) is 5.91 Å². The number of fused-ring (bicyclic) bond motifs is 1. The number of aryl methyl sites for hydroxylation is 1. The molecule has 2 aromatic heterocycles. The lowest BCUT2D eigenvalue weighted by Gasteiger charge is -2.09. The number of nitrogens with one attached hydrogen (secondary N) is 1. The molecule has 1 aromatic carbocycles. The third kappa shape index (κ3) is 2.66. The summed E-state index contributed by atoms with van der Waals surface area (Å²) in [7, 11) is 0. The summed E-state index contributed by atoms with van der Waals surface area (Å²) in [6.07, 6.45) is 1.39. The van der Waals surface area contributed by atoms with E-state index < -0.39 is 0 Å². The van der Waals surface area contributed by atoms with E-state index in [4.69, 9.17) is 4.42 Å². The van der Waals surface area contributed by atoms with E-state index >= 15 is 0 Å². The molecule has 0 fully saturated rings. The first kappa shape index (κ1) is 14.8. The number of oxazole rings is 1. The minimum Gasteiger partial charge on any atom is -0.448 e. The lowest BCUT2D eigenvalue weighted by Crippen LogP contribution is -2.27. The summed E-state index contributed by atoms with van der Waals surface area (Å²) in [5, 5.41) is 3.99. The zero-order chi connectivity index (χ0) is 15.7. The Kier molecular flexibility index (Phi) is 4.02. The van der Waals surface area contributed by atoms with Crippen LogP contribution in [0.1, 0.15) is 17.1 Å². The molecule has 3 rings (SSSR count). The van der Waals surface area contributed by atoms with Crippen LogP contribution in [0.2, 0.25) is 0 Å². The summed E-state index contributed by atoms with van der Waals surface area (Å²) in [6, 6.07) is 8.02. The minimum atomic E-state index is -0.0567. The van der Waals surface area contributed by atoms with Gasteiger partial charge in [0.1, 0.15) is 18.0 Å². The molecule has 0 spiro atoms. The van der Waals surface area contributed by atoms with Gasteiger partial charge in [0, 0.05) is 21.1 Å². The fourth-order valence-corrected chi connectivity index (χ4v) is 3.02. The van der Waals surface area contributed by atoms with Crippen molar-refractivity contribution in [2.45, 2.75) is 26.9 Å². The van der Waals surface area contributed by atoms with Crippen LogP contribution in [0.15, 0.2) is 39.5 Å². The van der Waals surface area contributed by atoms with Crippen molar-refractivity contribution < 1.29 is 9.21 Å². The molecule has 2 heterocycles. The fourth-order valence-electron chi connectivity index (χ4n) is 2.47. The Morgan fingerprint density at radius 3 is 2.86 bits per heavy atom. The van der Waals surface area contributed by atoms with E-state index in [-0.39, 0.29) is 12.5 Å². The molecule has 3 aromatic rings. The maximum Gasteiger partial charge on any atom is 0.240 e. The van der Waals surface area contributed by atoms with Gasteiger partial charge in [0.15, 0.2) is 6.39 Å². The van der Waals surface area contributed by atoms with Gasteiger partial charge < -0.3 is 14.3 Å². The van der Waals surface area contributed by atoms with Crippen molar-refractivity contribution in [2.75, 3.05) is 0 Å². The number of rotatable bonds is 4. The highest BCUT2D eigenvalue weighted by atomic mass is 79.9. The number of amides is 1. The Labute approximate surface area is 136 Å². The van der Waals surface area contributed by atoms with Gasteiger partial charge in [-0.15, -0.1) is 0 Å². The first-order valence-corrected chi connectivity index (χ1v) is 7.76. The summed E-state index contributed by atoms with van der Waals surface area (Å²) in [6.45, 7) is 4.48. The SMILES string of the molecule is Cc1ocnc1CNC(=O)Cn1c(C)c(Br)c2ccccc21. The molecule has 5 nitrogen and oxygen atoms in total. The monoisotopic (exact) mass is 361 g/mol. The van der Waals surface area contributed by atoms with Crippen molar-refractivity contribution >= 4 is 32.7 Å². The average molecular weight is 362 g/mol. The number of hydrogen-bond acceptors (Lipinski definition) is 3. The maximum atomic E-state index is 12.2. The number of para-hydroxylation sites is 1. The second-order valence-electron chi connectivity index (χ2n) is 5.13. The molecule has 0 saturated heterocycles. The standard InChI is InChI=1S/C16H16BrN3O2/c1-10-16(17)12-5-3-4-6-14(12)20(10)8-15(21)18-7-13-11(2)22-9-19-13/h3-6,9H,7-8H2,1-2H3,(H,18,21). The van der Waals surface area contributed by atoms with Gasteiger partial charge in [0.25, 0.3) is 0 Å². The first-order valence-electron chi connectivity index (χ1n) is 6.97. The molecule has 1 amide bonds. The highest BCUT2D eigenvalue weighted by Gasteiger charge is 2.14. The van der Waals surface area contributed by atoms with Gasteiger partial charge in [-0.1, -0.05) is 18.2 Å². The van der Waals surface area contributed by atoms with E-state index in [9.17, 15) is 4.79 Å². The number of benzene rings is 1. The van der Waals surface area contributed by atoms with Crippen molar-refractivity contribution in [2.24, 2.45) is 0 Å². The molecule has 0 saturated carbocycles. The highest BCUT2D eigenvalue weighted by Crippen LogP contribution is 2.30. The van der Waals surface area contributed by atoms with Crippen LogP contribution in [-0.2, 0) is 17.9 Å². The minimum absolute atomic E-state index is 0.0567. The third-order valence-corrected chi connectivity index (χ3v) is 4.75. The Balaban J connectivity index is 1.77. The molecule has 6 heteroatoms. The van der Waals surface area contributed by atoms with Crippen molar-refractivity contribution in [1.82, 2.24) is 14.9 Å².